The van der Waals surface area contributed by atoms with Crippen molar-refractivity contribution >= 4 is 11.7 Å². The molecule has 4 heterocycles. The first-order chi connectivity index (χ1) is 15.2. The molecule has 8 nitrogen and oxygen atoms in total. The molecule has 0 atom stereocenters. The molecule has 0 bridgehead atoms. The number of carbonyl (C=O) groups excluding carboxylic acids is 1. The van der Waals surface area contributed by atoms with Crippen molar-refractivity contribution in [2.24, 2.45) is 5.92 Å². The molecule has 3 saturated heterocycles. The van der Waals surface area contributed by atoms with Gasteiger partial charge in [-0.05, 0) is 25.0 Å². The van der Waals surface area contributed by atoms with Crippen LogP contribution in [-0.2, 0) is 14.3 Å². The summed E-state index contributed by atoms with van der Waals surface area (Å²) in [5.41, 5.74) is 0. The number of likely N-dealkylation sites (tertiary alicyclic amines) is 1. The Morgan fingerprint density at radius 3 is 2.35 bits per heavy atom. The SMILES string of the molecule is O=C(C1CCN(c2nccnc2Oc2ccccc2)CC1)N1CCC2(CC1)OCCO2. The molecule has 164 valence electrons. The summed E-state index contributed by atoms with van der Waals surface area (Å²) in [7, 11) is 0. The second-order valence-electron chi connectivity index (χ2n) is 8.29. The number of hydrogen-bond donors (Lipinski definition) is 0. The van der Waals surface area contributed by atoms with Gasteiger partial charge in [0.05, 0.1) is 13.2 Å². The van der Waals surface area contributed by atoms with Crippen LogP contribution in [0.5, 0.6) is 11.6 Å². The lowest BCUT2D eigenvalue weighted by Gasteiger charge is -2.40. The van der Waals surface area contributed by atoms with Crippen LogP contribution in [0.3, 0.4) is 0 Å². The van der Waals surface area contributed by atoms with Crippen LogP contribution in [0.1, 0.15) is 25.7 Å². The molecule has 1 aromatic carbocycles. The number of anilines is 1. The molecular weight excluding hydrogens is 396 g/mol. The van der Waals surface area contributed by atoms with Gasteiger partial charge in [0.15, 0.2) is 11.6 Å². The van der Waals surface area contributed by atoms with Gasteiger partial charge in [-0.25, -0.2) is 9.97 Å². The van der Waals surface area contributed by atoms with E-state index in [-0.39, 0.29) is 11.8 Å². The quantitative estimate of drug-likeness (QED) is 0.747. The van der Waals surface area contributed by atoms with Crippen LogP contribution in [0.25, 0.3) is 0 Å². The molecule has 0 radical (unpaired) electrons. The number of aromatic nitrogens is 2. The van der Waals surface area contributed by atoms with Crippen molar-refractivity contribution in [3.8, 4) is 11.6 Å². The minimum atomic E-state index is -0.443. The van der Waals surface area contributed by atoms with E-state index in [1.54, 1.807) is 12.4 Å². The van der Waals surface area contributed by atoms with Crippen LogP contribution in [0, 0.1) is 5.92 Å². The maximum absolute atomic E-state index is 13.1. The first kappa shape index (κ1) is 20.2. The van der Waals surface area contributed by atoms with E-state index in [4.69, 9.17) is 14.2 Å². The van der Waals surface area contributed by atoms with E-state index in [1.165, 1.54) is 0 Å². The molecule has 31 heavy (non-hydrogen) atoms. The van der Waals surface area contributed by atoms with Gasteiger partial charge in [-0.2, -0.15) is 0 Å². The van der Waals surface area contributed by atoms with Gasteiger partial charge in [-0.1, -0.05) is 18.2 Å². The molecule has 8 heteroatoms. The van der Waals surface area contributed by atoms with Gasteiger partial charge < -0.3 is 24.0 Å². The summed E-state index contributed by atoms with van der Waals surface area (Å²) in [6.45, 7) is 4.24. The highest BCUT2D eigenvalue weighted by Gasteiger charge is 2.42. The van der Waals surface area contributed by atoms with Crippen molar-refractivity contribution in [3.05, 3.63) is 42.7 Å². The third-order valence-corrected chi connectivity index (χ3v) is 6.40. The fourth-order valence-electron chi connectivity index (χ4n) is 4.66. The number of nitrogens with zero attached hydrogens (tertiary/aromatic N) is 4. The van der Waals surface area contributed by atoms with Crippen LogP contribution in [0.4, 0.5) is 5.82 Å². The van der Waals surface area contributed by atoms with Gasteiger partial charge >= 0.3 is 0 Å². The molecule has 3 aliphatic heterocycles. The topological polar surface area (TPSA) is 77.0 Å². The van der Waals surface area contributed by atoms with E-state index in [9.17, 15) is 4.79 Å². The van der Waals surface area contributed by atoms with Gasteiger partial charge in [0.2, 0.25) is 5.91 Å². The number of para-hydroxylation sites is 1. The number of benzene rings is 1. The third kappa shape index (κ3) is 4.36. The van der Waals surface area contributed by atoms with Crippen molar-refractivity contribution < 1.29 is 19.0 Å². The maximum atomic E-state index is 13.1. The first-order valence-electron chi connectivity index (χ1n) is 11.1. The lowest BCUT2D eigenvalue weighted by atomic mass is 9.93. The van der Waals surface area contributed by atoms with Gasteiger partial charge in [-0.15, -0.1) is 0 Å². The highest BCUT2D eigenvalue weighted by molar-refractivity contribution is 5.79. The molecule has 1 amide bonds. The van der Waals surface area contributed by atoms with Crippen molar-refractivity contribution in [1.82, 2.24) is 14.9 Å². The Bertz CT molecular complexity index is 885. The second kappa shape index (κ2) is 8.80. The molecule has 3 aliphatic rings. The fourth-order valence-corrected chi connectivity index (χ4v) is 4.66. The molecule has 1 aromatic heterocycles. The van der Waals surface area contributed by atoms with Gasteiger partial charge in [0.25, 0.3) is 5.88 Å². The Labute approximate surface area is 182 Å². The molecule has 0 unspecified atom stereocenters. The predicted molar refractivity (Wildman–Crippen MR) is 114 cm³/mol. The summed E-state index contributed by atoms with van der Waals surface area (Å²) in [6, 6.07) is 9.59. The Hall–Kier alpha value is -2.71. The molecule has 5 rings (SSSR count). The van der Waals surface area contributed by atoms with E-state index in [0.717, 1.165) is 50.3 Å². The lowest BCUT2D eigenvalue weighted by molar-refractivity contribution is -0.188. The summed E-state index contributed by atoms with van der Waals surface area (Å²) < 4.78 is 17.5. The Morgan fingerprint density at radius 1 is 0.968 bits per heavy atom. The third-order valence-electron chi connectivity index (χ3n) is 6.40. The second-order valence-corrected chi connectivity index (χ2v) is 8.29. The van der Waals surface area contributed by atoms with E-state index < -0.39 is 5.79 Å². The van der Waals surface area contributed by atoms with Crippen molar-refractivity contribution in [2.45, 2.75) is 31.5 Å². The maximum Gasteiger partial charge on any atom is 0.263 e. The number of carbonyl (C=O) groups is 1. The molecule has 3 fully saturated rings. The van der Waals surface area contributed by atoms with E-state index in [0.29, 0.717) is 32.2 Å². The number of hydrogen-bond acceptors (Lipinski definition) is 7. The van der Waals surface area contributed by atoms with Crippen molar-refractivity contribution in [3.63, 3.8) is 0 Å². The molecule has 0 saturated carbocycles. The fraction of sp³-hybridized carbons (Fsp3) is 0.522. The normalized spacial score (nSPS) is 21.4. The summed E-state index contributed by atoms with van der Waals surface area (Å²) >= 11 is 0. The highest BCUT2D eigenvalue weighted by atomic mass is 16.7. The Balaban J connectivity index is 1.18. The largest absolute Gasteiger partial charge is 0.436 e. The summed E-state index contributed by atoms with van der Waals surface area (Å²) in [6.07, 6.45) is 6.44. The van der Waals surface area contributed by atoms with Crippen LogP contribution in [0.2, 0.25) is 0 Å². The summed E-state index contributed by atoms with van der Waals surface area (Å²) in [5, 5.41) is 0. The van der Waals surface area contributed by atoms with Crippen LogP contribution < -0.4 is 9.64 Å². The van der Waals surface area contributed by atoms with E-state index in [1.807, 2.05) is 35.2 Å². The molecule has 2 aromatic rings. The average Bonchev–Trinajstić information content (AvgIpc) is 3.28. The minimum Gasteiger partial charge on any atom is -0.436 e. The zero-order valence-electron chi connectivity index (χ0n) is 17.6. The molecule has 0 N–H and O–H groups in total. The van der Waals surface area contributed by atoms with Gasteiger partial charge in [0.1, 0.15) is 5.75 Å². The summed E-state index contributed by atoms with van der Waals surface area (Å²) in [4.78, 5) is 26.1. The number of ether oxygens (including phenoxy) is 3. The number of piperidine rings is 2. The monoisotopic (exact) mass is 424 g/mol. The molecular formula is C23H28N4O4. The van der Waals surface area contributed by atoms with Crippen molar-refractivity contribution in [1.29, 1.82) is 0 Å². The standard InChI is InChI=1S/C23H28N4O4/c28-22(27-14-8-23(9-15-27)29-16-17-30-23)18-6-12-26(13-7-18)20-21(25-11-10-24-20)31-19-4-2-1-3-5-19/h1-5,10-11,18H,6-9,12-17H2. The minimum absolute atomic E-state index is 0.0471. The average molecular weight is 425 g/mol. The zero-order chi connectivity index (χ0) is 21.1. The van der Waals surface area contributed by atoms with E-state index in [2.05, 4.69) is 14.9 Å². The predicted octanol–water partition coefficient (Wildman–Crippen LogP) is 2.85. The summed E-state index contributed by atoms with van der Waals surface area (Å²) in [5.74, 6) is 1.82. The lowest BCUT2D eigenvalue weighted by Crippen LogP contribution is -2.50. The van der Waals surface area contributed by atoms with Gasteiger partial charge in [-0.3, -0.25) is 4.79 Å². The zero-order valence-corrected chi connectivity index (χ0v) is 17.6. The smallest absolute Gasteiger partial charge is 0.263 e. The Morgan fingerprint density at radius 2 is 1.65 bits per heavy atom. The van der Waals surface area contributed by atoms with Crippen molar-refractivity contribution in [2.75, 3.05) is 44.3 Å². The number of amides is 1. The first-order valence-corrected chi connectivity index (χ1v) is 11.1. The van der Waals surface area contributed by atoms with Crippen LogP contribution in [0.15, 0.2) is 42.7 Å². The van der Waals surface area contributed by atoms with Crippen LogP contribution in [-0.4, -0.2) is 66.0 Å². The van der Waals surface area contributed by atoms with Gasteiger partial charge in [0, 0.05) is 57.3 Å². The van der Waals surface area contributed by atoms with Crippen LogP contribution >= 0.6 is 0 Å². The Kier molecular flexibility index (Phi) is 5.74. The highest BCUT2D eigenvalue weighted by Crippen LogP contribution is 2.34. The number of rotatable bonds is 4. The molecule has 1 spiro atoms. The molecule has 0 aliphatic carbocycles. The van der Waals surface area contributed by atoms with E-state index >= 15 is 0 Å².